The third-order valence-corrected chi connectivity index (χ3v) is 5.25. The maximum atomic E-state index is 12.5. The van der Waals surface area contributed by atoms with Crippen LogP contribution in [0.2, 0.25) is 10.0 Å². The van der Waals surface area contributed by atoms with Crippen molar-refractivity contribution >= 4 is 48.6 Å². The molecule has 0 aliphatic carbocycles. The molecule has 130 valence electrons. The molecule has 1 atom stereocenters. The molecule has 1 unspecified atom stereocenters. The van der Waals surface area contributed by atoms with E-state index in [1.807, 2.05) is 6.07 Å². The van der Waals surface area contributed by atoms with Gasteiger partial charge in [0, 0.05) is 0 Å². The lowest BCUT2D eigenvalue weighted by Crippen LogP contribution is -2.09. The normalized spacial score (nSPS) is 10.8. The van der Waals surface area contributed by atoms with E-state index in [2.05, 4.69) is 0 Å². The van der Waals surface area contributed by atoms with Crippen molar-refractivity contribution in [3.8, 4) is 5.75 Å². The third kappa shape index (κ3) is 4.50. The van der Waals surface area contributed by atoms with Crippen LogP contribution in [-0.2, 0) is 0 Å². The van der Waals surface area contributed by atoms with Crippen molar-refractivity contribution in [1.29, 1.82) is 0 Å². The summed E-state index contributed by atoms with van der Waals surface area (Å²) in [5.41, 5.74) is 0.658. The molecule has 3 aromatic rings. The van der Waals surface area contributed by atoms with Gasteiger partial charge in [0.25, 0.3) is 0 Å². The molecule has 0 bridgehead atoms. The zero-order valence-corrected chi connectivity index (χ0v) is 15.9. The summed E-state index contributed by atoms with van der Waals surface area (Å²) in [5.74, 6) is -0.0182. The van der Waals surface area contributed by atoms with Crippen LogP contribution in [-0.4, -0.2) is 11.5 Å². The van der Waals surface area contributed by atoms with Crippen LogP contribution in [0, 0.1) is 0 Å². The first-order valence-corrected chi connectivity index (χ1v) is 9.43. The van der Waals surface area contributed by atoms with E-state index < -0.39 is 5.97 Å². The van der Waals surface area contributed by atoms with Crippen LogP contribution in [0.3, 0.4) is 0 Å². The Kier molecular flexibility index (Phi) is 6.05. The summed E-state index contributed by atoms with van der Waals surface area (Å²) in [6.07, 6.45) is 0. The molecule has 3 nitrogen and oxygen atoms in total. The number of carbonyl (C=O) groups is 2. The molecule has 3 aromatic carbocycles. The zero-order chi connectivity index (χ0) is 18.5. The van der Waals surface area contributed by atoms with Gasteiger partial charge in [-0.05, 0) is 50.3 Å². The Bertz CT molecular complexity index is 921. The molecule has 0 radical (unpaired) electrons. The Balaban J connectivity index is 1.68. The minimum atomic E-state index is -0.431. The van der Waals surface area contributed by atoms with Crippen LogP contribution in [0.25, 0.3) is 0 Å². The van der Waals surface area contributed by atoms with E-state index in [-0.39, 0.29) is 14.1 Å². The Morgan fingerprint density at radius 3 is 2.00 bits per heavy atom. The van der Waals surface area contributed by atoms with E-state index in [0.29, 0.717) is 26.9 Å². The fourth-order valence-electron chi connectivity index (χ4n) is 2.25. The van der Waals surface area contributed by atoms with Crippen molar-refractivity contribution in [2.45, 2.75) is 0 Å². The molecule has 0 saturated carbocycles. The highest BCUT2D eigenvalue weighted by Gasteiger charge is 2.15. The Morgan fingerprint density at radius 1 is 0.769 bits per heavy atom. The topological polar surface area (TPSA) is 43.4 Å². The van der Waals surface area contributed by atoms with Gasteiger partial charge in [0.1, 0.15) is 5.75 Å². The van der Waals surface area contributed by atoms with Gasteiger partial charge in [0.05, 0.1) is 21.2 Å². The molecule has 0 spiro atoms. The molecule has 0 N–H and O–H groups in total. The number of esters is 1. The van der Waals surface area contributed by atoms with Crippen molar-refractivity contribution < 1.29 is 14.3 Å². The van der Waals surface area contributed by atoms with Crippen molar-refractivity contribution in [3.63, 3.8) is 0 Å². The van der Waals surface area contributed by atoms with Crippen molar-refractivity contribution in [1.82, 2.24) is 0 Å². The fourth-order valence-corrected chi connectivity index (χ4v) is 3.97. The van der Waals surface area contributed by atoms with Crippen molar-refractivity contribution in [2.24, 2.45) is 0 Å². The summed E-state index contributed by atoms with van der Waals surface area (Å²) in [5, 5.41) is 1.47. The molecule has 0 saturated heterocycles. The first-order valence-electron chi connectivity index (χ1n) is 7.67. The highest BCUT2D eigenvalue weighted by Crippen LogP contribution is 2.30. The smallest absolute Gasteiger partial charge is 0.343 e. The molecule has 0 amide bonds. The maximum absolute atomic E-state index is 12.5. The molecular weight excluding hydrogens is 390 g/mol. The minimum Gasteiger partial charge on any atom is -0.423 e. The maximum Gasteiger partial charge on any atom is 0.343 e. The van der Waals surface area contributed by atoms with Gasteiger partial charge in [-0.3, -0.25) is 4.79 Å². The highest BCUT2D eigenvalue weighted by molar-refractivity contribution is 7.66. The molecule has 0 fully saturated rings. The quantitative estimate of drug-likeness (QED) is 0.328. The largest absolute Gasteiger partial charge is 0.423 e. The van der Waals surface area contributed by atoms with Gasteiger partial charge in [-0.2, -0.15) is 0 Å². The third-order valence-electron chi connectivity index (χ3n) is 3.52. The van der Waals surface area contributed by atoms with Gasteiger partial charge in [0.2, 0.25) is 0 Å². The van der Waals surface area contributed by atoms with E-state index in [9.17, 15) is 9.59 Å². The van der Waals surface area contributed by atoms with Crippen LogP contribution in [0.5, 0.6) is 5.75 Å². The molecule has 6 heteroatoms. The predicted molar refractivity (Wildman–Crippen MR) is 107 cm³/mol. The summed E-state index contributed by atoms with van der Waals surface area (Å²) in [7, 11) is -0.135. The second-order valence-corrected chi connectivity index (χ2v) is 7.43. The van der Waals surface area contributed by atoms with Crippen LogP contribution in [0.4, 0.5) is 0 Å². The SMILES string of the molecule is O=C(Oc1ccc(PC(=O)c2c(Cl)cccc2Cl)cc1)c1ccccc1. The molecular formula is C20H13Cl2O3P. The number of halogens is 2. The molecule has 0 aliphatic heterocycles. The fraction of sp³-hybridized carbons (Fsp3) is 0. The van der Waals surface area contributed by atoms with E-state index in [4.69, 9.17) is 27.9 Å². The van der Waals surface area contributed by atoms with E-state index in [0.717, 1.165) is 5.30 Å². The van der Waals surface area contributed by atoms with Crippen LogP contribution >= 0.6 is 31.8 Å². The number of carbonyl (C=O) groups excluding carboxylic acids is 2. The number of hydrogen-bond donors (Lipinski definition) is 0. The average molecular weight is 403 g/mol. The first kappa shape index (κ1) is 18.6. The second-order valence-electron chi connectivity index (χ2n) is 5.33. The van der Waals surface area contributed by atoms with Crippen LogP contribution in [0.1, 0.15) is 20.7 Å². The predicted octanol–water partition coefficient (Wildman–Crippen LogP) is 5.36. The molecule has 0 aromatic heterocycles. The van der Waals surface area contributed by atoms with Gasteiger partial charge in [-0.15, -0.1) is 0 Å². The molecule has 0 aliphatic rings. The average Bonchev–Trinajstić information content (AvgIpc) is 2.64. The lowest BCUT2D eigenvalue weighted by atomic mass is 10.2. The van der Waals surface area contributed by atoms with Crippen molar-refractivity contribution in [2.75, 3.05) is 0 Å². The summed E-state index contributed by atoms with van der Waals surface area (Å²) in [6.45, 7) is 0. The Hall–Kier alpha value is -2.19. The summed E-state index contributed by atoms with van der Waals surface area (Å²) < 4.78 is 5.32. The number of benzene rings is 3. The lowest BCUT2D eigenvalue weighted by molar-refractivity contribution is 0.0734. The van der Waals surface area contributed by atoms with E-state index in [1.165, 1.54) is 0 Å². The van der Waals surface area contributed by atoms with E-state index in [1.54, 1.807) is 66.7 Å². The van der Waals surface area contributed by atoms with Crippen LogP contribution in [0.15, 0.2) is 72.8 Å². The summed E-state index contributed by atoms with van der Waals surface area (Å²) >= 11 is 12.1. The standard InChI is InChI=1S/C20H13Cl2O3P/c21-16-7-4-8-17(22)18(16)20(24)26-15-11-9-14(10-12-15)25-19(23)13-5-2-1-3-6-13/h1-12,26H. The zero-order valence-electron chi connectivity index (χ0n) is 13.4. The van der Waals surface area contributed by atoms with Gasteiger partial charge in [-0.25, -0.2) is 4.79 Å². The first-order chi connectivity index (χ1) is 12.5. The molecule has 0 heterocycles. The number of rotatable bonds is 5. The van der Waals surface area contributed by atoms with E-state index >= 15 is 0 Å². The second kappa shape index (κ2) is 8.46. The summed E-state index contributed by atoms with van der Waals surface area (Å²) in [6, 6.07) is 20.5. The van der Waals surface area contributed by atoms with Gasteiger partial charge < -0.3 is 4.74 Å². The van der Waals surface area contributed by atoms with Gasteiger partial charge in [-0.1, -0.05) is 59.6 Å². The van der Waals surface area contributed by atoms with Gasteiger partial charge in [0.15, 0.2) is 5.52 Å². The summed E-state index contributed by atoms with van der Waals surface area (Å²) in [4.78, 5) is 24.5. The number of hydrogen-bond acceptors (Lipinski definition) is 3. The lowest BCUT2D eigenvalue weighted by Gasteiger charge is -2.07. The minimum absolute atomic E-state index is 0.135. The molecule has 26 heavy (non-hydrogen) atoms. The Labute approximate surface area is 162 Å². The highest BCUT2D eigenvalue weighted by atomic mass is 35.5. The number of ether oxygens (including phenoxy) is 1. The van der Waals surface area contributed by atoms with Crippen LogP contribution < -0.4 is 10.0 Å². The monoisotopic (exact) mass is 402 g/mol. The van der Waals surface area contributed by atoms with Crippen molar-refractivity contribution in [3.05, 3.63) is 94.0 Å². The van der Waals surface area contributed by atoms with Gasteiger partial charge >= 0.3 is 5.97 Å². The Morgan fingerprint density at radius 2 is 1.38 bits per heavy atom. The molecule has 3 rings (SSSR count).